The number of rotatable bonds is 5. The molecule has 0 N–H and O–H groups in total. The maximum atomic E-state index is 11.2. The molecule has 0 amide bonds. The topological polar surface area (TPSA) is 35.5 Å². The molecule has 1 saturated carbocycles. The number of benzene rings is 1. The average molecular weight is 234 g/mol. The van der Waals surface area contributed by atoms with Crippen LogP contribution in [0.25, 0.3) is 0 Å². The van der Waals surface area contributed by atoms with Crippen LogP contribution < -0.4 is 9.47 Å². The number of hydrogen-bond acceptors (Lipinski definition) is 3. The molecule has 1 aliphatic rings. The van der Waals surface area contributed by atoms with Crippen LogP contribution in [0.1, 0.15) is 32.3 Å². The first kappa shape index (κ1) is 12.0. The van der Waals surface area contributed by atoms with Crippen LogP contribution in [-0.2, 0) is 10.2 Å². The van der Waals surface area contributed by atoms with Gasteiger partial charge in [-0.05, 0) is 44.9 Å². The molecular weight excluding hydrogens is 216 g/mol. The zero-order valence-electron chi connectivity index (χ0n) is 10.5. The summed E-state index contributed by atoms with van der Waals surface area (Å²) in [6, 6.07) is 5.68. The number of methoxy groups -OCH3 is 1. The van der Waals surface area contributed by atoms with Gasteiger partial charge in [0.1, 0.15) is 17.8 Å². The normalized spacial score (nSPS) is 16.7. The van der Waals surface area contributed by atoms with Crippen LogP contribution in [0, 0.1) is 0 Å². The van der Waals surface area contributed by atoms with Crippen LogP contribution in [0.3, 0.4) is 0 Å². The summed E-state index contributed by atoms with van der Waals surface area (Å²) in [5, 5.41) is 0. The van der Waals surface area contributed by atoms with E-state index in [9.17, 15) is 4.79 Å². The van der Waals surface area contributed by atoms with E-state index in [1.54, 1.807) is 7.11 Å². The lowest BCUT2D eigenvalue weighted by molar-refractivity contribution is -0.109. The fourth-order valence-electron chi connectivity index (χ4n) is 2.01. The molecule has 1 fully saturated rings. The van der Waals surface area contributed by atoms with E-state index in [1.165, 1.54) is 0 Å². The Hall–Kier alpha value is -1.51. The Bertz CT molecular complexity index is 419. The first-order chi connectivity index (χ1) is 8.11. The van der Waals surface area contributed by atoms with E-state index in [1.807, 2.05) is 32.0 Å². The van der Waals surface area contributed by atoms with E-state index in [0.29, 0.717) is 0 Å². The number of carbonyl (C=O) groups is 1. The van der Waals surface area contributed by atoms with Crippen LogP contribution >= 0.6 is 0 Å². The van der Waals surface area contributed by atoms with Crippen molar-refractivity contribution in [2.24, 2.45) is 0 Å². The lowest BCUT2D eigenvalue weighted by Gasteiger charge is -2.16. The second kappa shape index (κ2) is 4.40. The van der Waals surface area contributed by atoms with Gasteiger partial charge in [-0.3, -0.25) is 0 Å². The Labute approximate surface area is 102 Å². The molecule has 0 atom stereocenters. The first-order valence-corrected chi connectivity index (χ1v) is 5.93. The summed E-state index contributed by atoms with van der Waals surface area (Å²) in [6.45, 7) is 3.97. The monoisotopic (exact) mass is 234 g/mol. The highest BCUT2D eigenvalue weighted by molar-refractivity contribution is 5.75. The molecule has 1 aromatic carbocycles. The highest BCUT2D eigenvalue weighted by Crippen LogP contribution is 2.50. The summed E-state index contributed by atoms with van der Waals surface area (Å²) in [7, 11) is 1.63. The SMILES string of the molecule is COc1ccc(OC(C)C)cc1C1(C=O)CC1. The smallest absolute Gasteiger partial charge is 0.130 e. The Kier molecular flexibility index (Phi) is 3.09. The summed E-state index contributed by atoms with van der Waals surface area (Å²) < 4.78 is 11.0. The molecule has 0 saturated heterocycles. The minimum Gasteiger partial charge on any atom is -0.496 e. The molecule has 0 radical (unpaired) electrons. The van der Waals surface area contributed by atoms with Gasteiger partial charge in [0.2, 0.25) is 0 Å². The van der Waals surface area contributed by atoms with Crippen molar-refractivity contribution in [2.45, 2.75) is 38.2 Å². The van der Waals surface area contributed by atoms with E-state index < -0.39 is 0 Å². The molecule has 1 aliphatic carbocycles. The third kappa shape index (κ3) is 2.28. The van der Waals surface area contributed by atoms with Crippen molar-refractivity contribution in [1.29, 1.82) is 0 Å². The molecule has 0 aliphatic heterocycles. The zero-order valence-corrected chi connectivity index (χ0v) is 10.5. The van der Waals surface area contributed by atoms with Crippen molar-refractivity contribution < 1.29 is 14.3 Å². The van der Waals surface area contributed by atoms with Gasteiger partial charge in [-0.1, -0.05) is 0 Å². The van der Waals surface area contributed by atoms with Crippen molar-refractivity contribution in [3.8, 4) is 11.5 Å². The maximum Gasteiger partial charge on any atom is 0.130 e. The van der Waals surface area contributed by atoms with Gasteiger partial charge in [0.05, 0.1) is 18.6 Å². The minimum atomic E-state index is -0.332. The third-order valence-electron chi connectivity index (χ3n) is 3.09. The van der Waals surface area contributed by atoms with Crippen LogP contribution in [0.15, 0.2) is 18.2 Å². The number of carbonyl (C=O) groups excluding carboxylic acids is 1. The summed E-state index contributed by atoms with van der Waals surface area (Å²) >= 11 is 0. The Morgan fingerprint density at radius 2 is 2.06 bits per heavy atom. The van der Waals surface area contributed by atoms with E-state index in [2.05, 4.69) is 0 Å². The number of ether oxygens (including phenoxy) is 2. The summed E-state index contributed by atoms with van der Waals surface area (Å²) in [6.07, 6.45) is 2.96. The molecule has 3 heteroatoms. The molecule has 2 rings (SSSR count). The lowest BCUT2D eigenvalue weighted by atomic mass is 9.96. The molecule has 92 valence electrons. The van der Waals surface area contributed by atoms with E-state index in [0.717, 1.165) is 36.2 Å². The predicted octanol–water partition coefficient (Wildman–Crippen LogP) is 2.71. The van der Waals surface area contributed by atoms with Crippen LogP contribution in [0.2, 0.25) is 0 Å². The molecule has 1 aromatic rings. The second-order valence-corrected chi connectivity index (χ2v) is 4.80. The standard InChI is InChI=1S/C14H18O3/c1-10(2)17-11-4-5-13(16-3)12(8-11)14(9-15)6-7-14/h4-5,8-10H,6-7H2,1-3H3. The first-order valence-electron chi connectivity index (χ1n) is 5.93. The van der Waals surface area contributed by atoms with Crippen molar-refractivity contribution in [3.63, 3.8) is 0 Å². The van der Waals surface area contributed by atoms with Crippen LogP contribution in [-0.4, -0.2) is 19.5 Å². The molecule has 0 spiro atoms. The van der Waals surface area contributed by atoms with Gasteiger partial charge in [-0.15, -0.1) is 0 Å². The van der Waals surface area contributed by atoms with Gasteiger partial charge in [-0.25, -0.2) is 0 Å². The van der Waals surface area contributed by atoms with Gasteiger partial charge in [0, 0.05) is 5.56 Å². The molecule has 3 nitrogen and oxygen atoms in total. The quantitative estimate of drug-likeness (QED) is 0.735. The van der Waals surface area contributed by atoms with E-state index >= 15 is 0 Å². The fraction of sp³-hybridized carbons (Fsp3) is 0.500. The Balaban J connectivity index is 2.37. The predicted molar refractivity (Wildman–Crippen MR) is 65.7 cm³/mol. The van der Waals surface area contributed by atoms with E-state index in [4.69, 9.17) is 9.47 Å². The lowest BCUT2D eigenvalue weighted by Crippen LogP contribution is -2.11. The summed E-state index contributed by atoms with van der Waals surface area (Å²) in [5.74, 6) is 1.56. The Morgan fingerprint density at radius 3 is 2.53 bits per heavy atom. The largest absolute Gasteiger partial charge is 0.496 e. The van der Waals surface area contributed by atoms with E-state index in [-0.39, 0.29) is 11.5 Å². The highest BCUT2D eigenvalue weighted by atomic mass is 16.5. The van der Waals surface area contributed by atoms with Gasteiger partial charge in [0.25, 0.3) is 0 Å². The van der Waals surface area contributed by atoms with Crippen LogP contribution in [0.5, 0.6) is 11.5 Å². The maximum absolute atomic E-state index is 11.2. The fourth-order valence-corrected chi connectivity index (χ4v) is 2.01. The number of aldehydes is 1. The molecule has 0 bridgehead atoms. The Morgan fingerprint density at radius 1 is 1.35 bits per heavy atom. The highest BCUT2D eigenvalue weighted by Gasteiger charge is 2.46. The zero-order chi connectivity index (χ0) is 12.5. The second-order valence-electron chi connectivity index (χ2n) is 4.80. The summed E-state index contributed by atoms with van der Waals surface area (Å²) in [4.78, 5) is 11.2. The van der Waals surface area contributed by atoms with Crippen molar-refractivity contribution in [1.82, 2.24) is 0 Å². The number of hydrogen-bond donors (Lipinski definition) is 0. The van der Waals surface area contributed by atoms with Gasteiger partial charge in [0.15, 0.2) is 0 Å². The molecule has 0 aromatic heterocycles. The minimum absolute atomic E-state index is 0.127. The molecule has 0 unspecified atom stereocenters. The summed E-state index contributed by atoms with van der Waals surface area (Å²) in [5.41, 5.74) is 0.620. The molecular formula is C14H18O3. The van der Waals surface area contributed by atoms with Gasteiger partial charge >= 0.3 is 0 Å². The average Bonchev–Trinajstić information content (AvgIpc) is 3.09. The molecule has 17 heavy (non-hydrogen) atoms. The van der Waals surface area contributed by atoms with Crippen molar-refractivity contribution >= 4 is 6.29 Å². The van der Waals surface area contributed by atoms with Gasteiger partial charge in [-0.2, -0.15) is 0 Å². The van der Waals surface area contributed by atoms with Crippen molar-refractivity contribution in [2.75, 3.05) is 7.11 Å². The van der Waals surface area contributed by atoms with Gasteiger partial charge < -0.3 is 14.3 Å². The van der Waals surface area contributed by atoms with Crippen LogP contribution in [0.4, 0.5) is 0 Å². The van der Waals surface area contributed by atoms with Crippen molar-refractivity contribution in [3.05, 3.63) is 23.8 Å². The third-order valence-corrected chi connectivity index (χ3v) is 3.09. The molecule has 0 heterocycles.